The molecule has 1 heterocycles. The molecule has 0 unspecified atom stereocenters. The smallest absolute Gasteiger partial charge is 0.304 e. The molecule has 7 heteroatoms. The van der Waals surface area contributed by atoms with Gasteiger partial charge in [-0.05, 0) is 41.0 Å². The maximum absolute atomic E-state index is 13.1. The van der Waals surface area contributed by atoms with E-state index in [4.69, 9.17) is 9.63 Å². The lowest BCUT2D eigenvalue weighted by atomic mass is 10.0. The third-order valence-electron chi connectivity index (χ3n) is 4.79. The fourth-order valence-electron chi connectivity index (χ4n) is 3.11. The van der Waals surface area contributed by atoms with Crippen molar-refractivity contribution in [3.63, 3.8) is 0 Å². The molecule has 0 atom stereocenters. The van der Waals surface area contributed by atoms with Crippen LogP contribution >= 0.6 is 0 Å². The van der Waals surface area contributed by atoms with Crippen molar-refractivity contribution in [3.8, 4) is 34.0 Å². The minimum absolute atomic E-state index is 0.0919. The Balaban J connectivity index is 1.42. The second-order valence-electron chi connectivity index (χ2n) is 7.02. The summed E-state index contributed by atoms with van der Waals surface area (Å²) in [6.07, 6.45) is 0.0919. The Morgan fingerprint density at radius 3 is 2.10 bits per heavy atom. The molecule has 6 nitrogen and oxygen atoms in total. The molecule has 0 amide bonds. The molecule has 4 rings (SSSR count). The number of nitrogens with one attached hydrogen (secondary N) is 1. The molecular weight excluding hydrogens is 397 g/mol. The van der Waals surface area contributed by atoms with Gasteiger partial charge in [0, 0.05) is 24.2 Å². The van der Waals surface area contributed by atoms with Crippen molar-refractivity contribution in [1.29, 1.82) is 0 Å². The van der Waals surface area contributed by atoms with Gasteiger partial charge >= 0.3 is 5.97 Å². The molecule has 4 aromatic rings. The van der Waals surface area contributed by atoms with Crippen LogP contribution in [0, 0.1) is 5.82 Å². The number of carbonyl (C=O) groups is 1. The molecule has 0 saturated carbocycles. The van der Waals surface area contributed by atoms with Crippen LogP contribution in [0.1, 0.15) is 12.0 Å². The number of nitrogens with zero attached hydrogens (tertiary/aromatic N) is 2. The summed E-state index contributed by atoms with van der Waals surface area (Å²) in [4.78, 5) is 15.0. The topological polar surface area (TPSA) is 88.2 Å². The fourth-order valence-corrected chi connectivity index (χ4v) is 3.11. The van der Waals surface area contributed by atoms with Crippen molar-refractivity contribution in [2.24, 2.45) is 0 Å². The van der Waals surface area contributed by atoms with E-state index in [1.54, 1.807) is 12.1 Å². The lowest BCUT2D eigenvalue weighted by molar-refractivity contribution is -0.136. The summed E-state index contributed by atoms with van der Waals surface area (Å²) >= 11 is 0. The van der Waals surface area contributed by atoms with Gasteiger partial charge in [-0.25, -0.2) is 4.39 Å². The van der Waals surface area contributed by atoms with Crippen LogP contribution in [0.5, 0.6) is 0 Å². The van der Waals surface area contributed by atoms with Crippen molar-refractivity contribution >= 4 is 5.97 Å². The summed E-state index contributed by atoms with van der Waals surface area (Å²) in [7, 11) is 0. The molecule has 0 fully saturated rings. The van der Waals surface area contributed by atoms with Gasteiger partial charge in [0.2, 0.25) is 5.82 Å². The molecule has 0 aliphatic rings. The first-order valence-electron chi connectivity index (χ1n) is 9.80. The second kappa shape index (κ2) is 9.32. The molecule has 3 aromatic carbocycles. The van der Waals surface area contributed by atoms with Gasteiger partial charge in [-0.1, -0.05) is 53.7 Å². The number of hydrogen-bond acceptors (Lipinski definition) is 5. The van der Waals surface area contributed by atoms with Crippen LogP contribution in [-0.2, 0) is 11.3 Å². The van der Waals surface area contributed by atoms with Crippen LogP contribution in [0.25, 0.3) is 34.0 Å². The summed E-state index contributed by atoms with van der Waals surface area (Å²) in [5, 5.41) is 15.8. The molecular formula is C24H20FN3O3. The highest BCUT2D eigenvalue weighted by molar-refractivity contribution is 5.68. The maximum atomic E-state index is 13.1. The average molecular weight is 417 g/mol. The van der Waals surface area contributed by atoms with Crippen LogP contribution in [-0.4, -0.2) is 27.8 Å². The minimum atomic E-state index is -0.819. The van der Waals surface area contributed by atoms with Crippen LogP contribution in [0.15, 0.2) is 77.3 Å². The van der Waals surface area contributed by atoms with E-state index in [-0.39, 0.29) is 12.2 Å². The Kier molecular flexibility index (Phi) is 6.14. The fraction of sp³-hybridized carbons (Fsp3) is 0.125. The first-order chi connectivity index (χ1) is 15.1. The van der Waals surface area contributed by atoms with Gasteiger partial charge in [-0.2, -0.15) is 4.98 Å². The zero-order chi connectivity index (χ0) is 21.6. The van der Waals surface area contributed by atoms with Gasteiger partial charge in [-0.3, -0.25) is 4.79 Å². The third-order valence-corrected chi connectivity index (χ3v) is 4.79. The highest BCUT2D eigenvalue weighted by Crippen LogP contribution is 2.26. The number of rotatable bonds is 8. The van der Waals surface area contributed by atoms with E-state index in [2.05, 4.69) is 15.5 Å². The normalized spacial score (nSPS) is 10.9. The molecule has 0 radical (unpaired) electrons. The number of halogens is 1. The monoisotopic (exact) mass is 417 g/mol. The Morgan fingerprint density at radius 1 is 0.871 bits per heavy atom. The van der Waals surface area contributed by atoms with Crippen LogP contribution < -0.4 is 5.32 Å². The first kappa shape index (κ1) is 20.4. The molecule has 2 N–H and O–H groups in total. The molecule has 0 aliphatic carbocycles. The van der Waals surface area contributed by atoms with Crippen molar-refractivity contribution in [1.82, 2.24) is 15.5 Å². The van der Waals surface area contributed by atoms with E-state index in [9.17, 15) is 9.18 Å². The van der Waals surface area contributed by atoms with Gasteiger partial charge in [0.15, 0.2) is 0 Å². The van der Waals surface area contributed by atoms with Crippen molar-refractivity contribution in [2.75, 3.05) is 6.54 Å². The predicted molar refractivity (Wildman–Crippen MR) is 115 cm³/mol. The Bertz CT molecular complexity index is 1150. The number of aromatic nitrogens is 2. The van der Waals surface area contributed by atoms with Crippen LogP contribution in [0.4, 0.5) is 4.39 Å². The zero-order valence-corrected chi connectivity index (χ0v) is 16.6. The summed E-state index contributed by atoms with van der Waals surface area (Å²) < 4.78 is 18.5. The standard InChI is InChI=1S/C24H20FN3O3/c25-21-11-9-18(10-12-21)17-5-7-20(8-6-17)24-27-23(28-31-24)19-3-1-16(2-4-19)15-26-14-13-22(29)30/h1-12,26H,13-15H2,(H,29,30). The quantitative estimate of drug-likeness (QED) is 0.402. The number of aliphatic carboxylic acids is 1. The van der Waals surface area contributed by atoms with Crippen LogP contribution in [0.2, 0.25) is 0 Å². The van der Waals surface area contributed by atoms with Crippen molar-refractivity contribution in [3.05, 3.63) is 84.2 Å². The molecule has 0 saturated heterocycles. The highest BCUT2D eigenvalue weighted by Gasteiger charge is 2.11. The van der Waals surface area contributed by atoms with Crippen LogP contribution in [0.3, 0.4) is 0 Å². The molecule has 156 valence electrons. The summed E-state index contributed by atoms with van der Waals surface area (Å²) in [6.45, 7) is 1.01. The van der Waals surface area contributed by atoms with Gasteiger partial charge in [0.25, 0.3) is 5.89 Å². The summed E-state index contributed by atoms with van der Waals surface area (Å²) in [5.41, 5.74) is 4.55. The number of hydrogen-bond donors (Lipinski definition) is 2. The van der Waals surface area contributed by atoms with Crippen molar-refractivity contribution in [2.45, 2.75) is 13.0 Å². The largest absolute Gasteiger partial charge is 0.481 e. The molecule has 1 aromatic heterocycles. The lowest BCUT2D eigenvalue weighted by Gasteiger charge is -2.03. The number of benzene rings is 3. The second-order valence-corrected chi connectivity index (χ2v) is 7.02. The van der Waals surface area contributed by atoms with E-state index in [0.717, 1.165) is 27.8 Å². The maximum Gasteiger partial charge on any atom is 0.304 e. The number of carboxylic acids is 1. The molecule has 0 spiro atoms. The van der Waals surface area contributed by atoms with Gasteiger partial charge < -0.3 is 14.9 Å². The third kappa shape index (κ3) is 5.21. The number of carboxylic acid groups (broad SMARTS) is 1. The van der Waals surface area contributed by atoms with E-state index in [1.807, 2.05) is 48.5 Å². The first-order valence-corrected chi connectivity index (χ1v) is 9.80. The SMILES string of the molecule is O=C(O)CCNCc1ccc(-c2noc(-c3ccc(-c4ccc(F)cc4)cc3)n2)cc1. The predicted octanol–water partition coefficient (Wildman–Crippen LogP) is 4.77. The minimum Gasteiger partial charge on any atom is -0.481 e. The Hall–Kier alpha value is -3.84. The van der Waals surface area contributed by atoms with E-state index >= 15 is 0 Å². The van der Waals surface area contributed by atoms with Gasteiger partial charge in [0.05, 0.1) is 6.42 Å². The summed E-state index contributed by atoms with van der Waals surface area (Å²) in [6, 6.07) is 21.7. The van der Waals surface area contributed by atoms with E-state index < -0.39 is 5.97 Å². The van der Waals surface area contributed by atoms with Gasteiger partial charge in [-0.15, -0.1) is 0 Å². The lowest BCUT2D eigenvalue weighted by Crippen LogP contribution is -2.17. The average Bonchev–Trinajstić information content (AvgIpc) is 3.28. The Labute approximate surface area is 178 Å². The zero-order valence-electron chi connectivity index (χ0n) is 16.6. The molecule has 31 heavy (non-hydrogen) atoms. The van der Waals surface area contributed by atoms with E-state index in [0.29, 0.717) is 24.8 Å². The summed E-state index contributed by atoms with van der Waals surface area (Å²) in [5.74, 6) is -0.176. The van der Waals surface area contributed by atoms with Crippen molar-refractivity contribution < 1.29 is 18.8 Å². The molecule has 0 bridgehead atoms. The Morgan fingerprint density at radius 2 is 1.45 bits per heavy atom. The van der Waals surface area contributed by atoms with Gasteiger partial charge in [0.1, 0.15) is 5.82 Å². The molecule has 0 aliphatic heterocycles. The highest BCUT2D eigenvalue weighted by atomic mass is 19.1. The van der Waals surface area contributed by atoms with E-state index in [1.165, 1.54) is 12.1 Å².